The van der Waals surface area contributed by atoms with E-state index >= 15 is 0 Å². The molecule has 1 heterocycles. The summed E-state index contributed by atoms with van der Waals surface area (Å²) < 4.78 is 5.02. The molecule has 0 radical (unpaired) electrons. The third-order valence-electron chi connectivity index (χ3n) is 2.95. The fraction of sp³-hybridized carbons (Fsp3) is 0.429. The predicted molar refractivity (Wildman–Crippen MR) is 71.6 cm³/mol. The first-order valence-corrected chi connectivity index (χ1v) is 6.36. The molecule has 1 atom stereocenters. The summed E-state index contributed by atoms with van der Waals surface area (Å²) in [5.74, 6) is 1.26. The minimum absolute atomic E-state index is 0.476. The van der Waals surface area contributed by atoms with Crippen molar-refractivity contribution in [3.8, 4) is 0 Å². The van der Waals surface area contributed by atoms with Crippen LogP contribution in [0, 0.1) is 6.92 Å². The highest BCUT2D eigenvalue weighted by Crippen LogP contribution is 2.18. The van der Waals surface area contributed by atoms with Crippen LogP contribution in [0.3, 0.4) is 0 Å². The second kappa shape index (κ2) is 5.95. The third-order valence-corrected chi connectivity index (χ3v) is 2.95. The fourth-order valence-electron chi connectivity index (χ4n) is 1.87. The van der Waals surface area contributed by atoms with Crippen LogP contribution in [0.15, 0.2) is 34.9 Å². The summed E-state index contributed by atoms with van der Waals surface area (Å²) >= 11 is 0. The maximum Gasteiger partial charge on any atom is 0.227 e. The Morgan fingerprint density at radius 3 is 2.68 bits per heavy atom. The first kappa shape index (κ1) is 13.7. The summed E-state index contributed by atoms with van der Waals surface area (Å²) in [4.78, 5) is 4.12. The molecule has 19 heavy (non-hydrogen) atoms. The molecule has 0 aliphatic rings. The molecule has 5 heteroatoms. The van der Waals surface area contributed by atoms with Gasteiger partial charge in [0, 0.05) is 19.5 Å². The van der Waals surface area contributed by atoms with Gasteiger partial charge in [0.1, 0.15) is 0 Å². The second-order valence-corrected chi connectivity index (χ2v) is 4.80. The number of hydrogen-bond donors (Lipinski definition) is 2. The van der Waals surface area contributed by atoms with E-state index in [0.717, 1.165) is 5.56 Å². The van der Waals surface area contributed by atoms with Crippen LogP contribution in [-0.4, -0.2) is 28.3 Å². The highest BCUT2D eigenvalue weighted by molar-refractivity contribution is 5.21. The van der Waals surface area contributed by atoms with Crippen LogP contribution in [0.5, 0.6) is 0 Å². The molecule has 0 amide bonds. The monoisotopic (exact) mass is 261 g/mol. The molecule has 2 aromatic rings. The van der Waals surface area contributed by atoms with Crippen molar-refractivity contribution in [1.29, 1.82) is 0 Å². The number of nitrogens with one attached hydrogen (secondary N) is 1. The summed E-state index contributed by atoms with van der Waals surface area (Å²) in [7, 11) is 0. The Labute approximate surface area is 112 Å². The average Bonchev–Trinajstić information content (AvgIpc) is 2.82. The van der Waals surface area contributed by atoms with Gasteiger partial charge < -0.3 is 14.9 Å². The van der Waals surface area contributed by atoms with E-state index < -0.39 is 5.60 Å². The van der Waals surface area contributed by atoms with Crippen molar-refractivity contribution in [2.24, 2.45) is 0 Å². The lowest BCUT2D eigenvalue weighted by Gasteiger charge is -2.24. The first-order valence-electron chi connectivity index (χ1n) is 6.36. The maximum absolute atomic E-state index is 10.4. The van der Waals surface area contributed by atoms with Crippen LogP contribution < -0.4 is 5.32 Å². The Morgan fingerprint density at radius 2 is 2.05 bits per heavy atom. The SMILES string of the molecule is Cc1noc(CCNCC(C)(O)c2ccccc2)n1. The van der Waals surface area contributed by atoms with Gasteiger partial charge in [-0.2, -0.15) is 4.98 Å². The van der Waals surface area contributed by atoms with Gasteiger partial charge >= 0.3 is 0 Å². The summed E-state index contributed by atoms with van der Waals surface area (Å²) in [5, 5.41) is 17.3. The van der Waals surface area contributed by atoms with Gasteiger partial charge in [0.05, 0.1) is 5.60 Å². The molecule has 0 fully saturated rings. The van der Waals surface area contributed by atoms with Gasteiger partial charge in [-0.1, -0.05) is 35.5 Å². The van der Waals surface area contributed by atoms with E-state index in [-0.39, 0.29) is 0 Å². The molecule has 1 aromatic heterocycles. The largest absolute Gasteiger partial charge is 0.384 e. The summed E-state index contributed by atoms with van der Waals surface area (Å²) in [6.07, 6.45) is 0.658. The number of rotatable bonds is 6. The maximum atomic E-state index is 10.4. The number of aryl methyl sites for hydroxylation is 1. The van der Waals surface area contributed by atoms with E-state index in [1.807, 2.05) is 30.3 Å². The Hall–Kier alpha value is -1.72. The van der Waals surface area contributed by atoms with E-state index in [2.05, 4.69) is 15.5 Å². The molecule has 2 rings (SSSR count). The summed E-state index contributed by atoms with van der Waals surface area (Å²) in [5.41, 5.74) is 0.0163. The number of hydrogen-bond acceptors (Lipinski definition) is 5. The van der Waals surface area contributed by atoms with E-state index in [4.69, 9.17) is 4.52 Å². The zero-order chi connectivity index (χ0) is 13.7. The minimum Gasteiger partial charge on any atom is -0.384 e. The molecule has 0 saturated heterocycles. The second-order valence-electron chi connectivity index (χ2n) is 4.80. The van der Waals surface area contributed by atoms with Crippen LogP contribution in [0.1, 0.15) is 24.2 Å². The van der Waals surface area contributed by atoms with Crippen molar-refractivity contribution in [3.63, 3.8) is 0 Å². The van der Waals surface area contributed by atoms with Crippen LogP contribution in [0.25, 0.3) is 0 Å². The van der Waals surface area contributed by atoms with Crippen LogP contribution in [0.4, 0.5) is 0 Å². The predicted octanol–water partition coefficient (Wildman–Crippen LogP) is 1.42. The molecular formula is C14H19N3O2. The number of benzene rings is 1. The van der Waals surface area contributed by atoms with E-state index in [1.54, 1.807) is 13.8 Å². The molecule has 102 valence electrons. The van der Waals surface area contributed by atoms with E-state index in [1.165, 1.54) is 0 Å². The zero-order valence-electron chi connectivity index (χ0n) is 11.3. The van der Waals surface area contributed by atoms with Crippen molar-refractivity contribution in [2.45, 2.75) is 25.9 Å². The molecular weight excluding hydrogens is 242 g/mol. The molecule has 0 bridgehead atoms. The standard InChI is InChI=1S/C14H19N3O2/c1-11-16-13(19-17-11)8-9-15-10-14(2,18)12-6-4-3-5-7-12/h3-7,15,18H,8-10H2,1-2H3. The lowest BCUT2D eigenvalue weighted by Crippen LogP contribution is -2.36. The van der Waals surface area contributed by atoms with Gasteiger partial charge in [-0.15, -0.1) is 0 Å². The van der Waals surface area contributed by atoms with Crippen LogP contribution in [0.2, 0.25) is 0 Å². The van der Waals surface area contributed by atoms with Crippen molar-refractivity contribution < 1.29 is 9.63 Å². The molecule has 2 N–H and O–H groups in total. The van der Waals surface area contributed by atoms with Gasteiger partial charge in [0.25, 0.3) is 0 Å². The van der Waals surface area contributed by atoms with Gasteiger partial charge in [0.2, 0.25) is 5.89 Å². The lowest BCUT2D eigenvalue weighted by atomic mass is 9.96. The zero-order valence-corrected chi connectivity index (χ0v) is 11.3. The van der Waals surface area contributed by atoms with Gasteiger partial charge in [-0.25, -0.2) is 0 Å². The Morgan fingerprint density at radius 1 is 1.32 bits per heavy atom. The lowest BCUT2D eigenvalue weighted by molar-refractivity contribution is 0.0571. The van der Waals surface area contributed by atoms with Gasteiger partial charge in [-0.3, -0.25) is 0 Å². The molecule has 1 unspecified atom stereocenters. The quantitative estimate of drug-likeness (QED) is 0.769. The molecule has 0 aliphatic carbocycles. The number of aromatic nitrogens is 2. The van der Waals surface area contributed by atoms with Crippen LogP contribution in [-0.2, 0) is 12.0 Å². The normalized spacial score (nSPS) is 14.3. The summed E-state index contributed by atoms with van der Waals surface area (Å²) in [6, 6.07) is 9.62. The minimum atomic E-state index is -0.883. The fourth-order valence-corrected chi connectivity index (χ4v) is 1.87. The Kier molecular flexibility index (Phi) is 4.29. The highest BCUT2D eigenvalue weighted by Gasteiger charge is 2.21. The van der Waals surface area contributed by atoms with Gasteiger partial charge in [-0.05, 0) is 19.4 Å². The van der Waals surface area contributed by atoms with Crippen molar-refractivity contribution >= 4 is 0 Å². The molecule has 1 aromatic carbocycles. The van der Waals surface area contributed by atoms with Crippen molar-refractivity contribution in [2.75, 3.05) is 13.1 Å². The highest BCUT2D eigenvalue weighted by atomic mass is 16.5. The van der Waals surface area contributed by atoms with E-state index in [9.17, 15) is 5.11 Å². The Bertz CT molecular complexity index is 508. The third kappa shape index (κ3) is 3.87. The van der Waals surface area contributed by atoms with Crippen molar-refractivity contribution in [1.82, 2.24) is 15.5 Å². The van der Waals surface area contributed by atoms with E-state index in [0.29, 0.717) is 31.2 Å². The topological polar surface area (TPSA) is 71.2 Å². The van der Waals surface area contributed by atoms with Crippen molar-refractivity contribution in [3.05, 3.63) is 47.6 Å². The average molecular weight is 261 g/mol. The number of nitrogens with zero attached hydrogens (tertiary/aromatic N) is 2. The molecule has 0 aliphatic heterocycles. The smallest absolute Gasteiger partial charge is 0.227 e. The Balaban J connectivity index is 1.79. The first-order chi connectivity index (χ1) is 9.08. The molecule has 5 nitrogen and oxygen atoms in total. The number of aliphatic hydroxyl groups is 1. The summed E-state index contributed by atoms with van der Waals surface area (Å²) in [6.45, 7) is 4.75. The molecule has 0 spiro atoms. The van der Waals surface area contributed by atoms with Crippen LogP contribution >= 0.6 is 0 Å². The molecule has 0 saturated carbocycles. The van der Waals surface area contributed by atoms with Gasteiger partial charge in [0.15, 0.2) is 5.82 Å².